The Hall–Kier alpha value is -1.77. The molecule has 1 saturated carbocycles. The zero-order valence-electron chi connectivity index (χ0n) is 11.8. The van der Waals surface area contributed by atoms with Gasteiger partial charge >= 0.3 is 6.03 Å². The number of nitrogens with zero attached hydrogens (tertiary/aromatic N) is 2. The molecular weight excluding hydrogens is 325 g/mol. The fourth-order valence-corrected chi connectivity index (χ4v) is 3.14. The third-order valence-electron chi connectivity index (χ3n) is 4.22. The first-order valence-electron chi connectivity index (χ1n) is 6.80. The smallest absolute Gasteiger partial charge is 0.319 e. The highest BCUT2D eigenvalue weighted by atomic mass is 35.5. The maximum absolute atomic E-state index is 12.7. The minimum Gasteiger partial charge on any atom is -0.319 e. The van der Waals surface area contributed by atoms with E-state index in [9.17, 15) is 9.59 Å². The Morgan fingerprint density at radius 1 is 1.36 bits per heavy atom. The SMILES string of the molecule is C[C@]1(c2ccc(C#N)cc2)NC(=O)N(C[C@@H]2CC2(Cl)Cl)C1=O. The normalized spacial score (nSPS) is 29.2. The predicted molar refractivity (Wildman–Crippen MR) is 81.3 cm³/mol. The van der Waals surface area contributed by atoms with Crippen LogP contribution in [0.4, 0.5) is 4.79 Å². The van der Waals surface area contributed by atoms with Crippen LogP contribution in [0.3, 0.4) is 0 Å². The van der Waals surface area contributed by atoms with E-state index >= 15 is 0 Å². The summed E-state index contributed by atoms with van der Waals surface area (Å²) in [6.45, 7) is 1.86. The fourth-order valence-electron chi connectivity index (χ4n) is 2.62. The molecule has 1 heterocycles. The molecule has 0 unspecified atom stereocenters. The van der Waals surface area contributed by atoms with Crippen molar-refractivity contribution in [3.8, 4) is 6.07 Å². The number of alkyl halides is 2. The predicted octanol–water partition coefficient (Wildman–Crippen LogP) is 2.52. The Morgan fingerprint density at radius 2 is 1.95 bits per heavy atom. The molecule has 1 aliphatic heterocycles. The summed E-state index contributed by atoms with van der Waals surface area (Å²) in [7, 11) is 0. The largest absolute Gasteiger partial charge is 0.325 e. The number of nitriles is 1. The van der Waals surface area contributed by atoms with Crippen molar-refractivity contribution in [3.05, 3.63) is 35.4 Å². The van der Waals surface area contributed by atoms with E-state index in [4.69, 9.17) is 28.5 Å². The van der Waals surface area contributed by atoms with Gasteiger partial charge in [0.1, 0.15) is 9.87 Å². The molecule has 2 fully saturated rings. The van der Waals surface area contributed by atoms with Crippen LogP contribution in [-0.2, 0) is 10.3 Å². The van der Waals surface area contributed by atoms with Crippen LogP contribution < -0.4 is 5.32 Å². The van der Waals surface area contributed by atoms with Crippen LogP contribution in [0.2, 0.25) is 0 Å². The molecule has 0 radical (unpaired) electrons. The lowest BCUT2D eigenvalue weighted by molar-refractivity contribution is -0.131. The van der Waals surface area contributed by atoms with Gasteiger partial charge in [-0.05, 0) is 31.0 Å². The monoisotopic (exact) mass is 337 g/mol. The van der Waals surface area contributed by atoms with E-state index in [0.717, 1.165) is 4.90 Å². The van der Waals surface area contributed by atoms with Crippen LogP contribution in [0, 0.1) is 17.2 Å². The zero-order chi connectivity index (χ0) is 16.1. The van der Waals surface area contributed by atoms with Gasteiger partial charge in [-0.2, -0.15) is 5.26 Å². The van der Waals surface area contributed by atoms with Crippen molar-refractivity contribution in [2.75, 3.05) is 6.54 Å². The first-order chi connectivity index (χ1) is 10.3. The van der Waals surface area contributed by atoms with Gasteiger partial charge in [0.2, 0.25) is 0 Å². The number of amides is 3. The Labute approximate surface area is 137 Å². The number of urea groups is 1. The molecule has 7 heteroatoms. The van der Waals surface area contributed by atoms with E-state index in [1.165, 1.54) is 0 Å². The van der Waals surface area contributed by atoms with Gasteiger partial charge in [-0.3, -0.25) is 9.69 Å². The number of hydrogen-bond acceptors (Lipinski definition) is 3. The summed E-state index contributed by atoms with van der Waals surface area (Å²) in [6, 6.07) is 8.14. The third-order valence-corrected chi connectivity index (χ3v) is 5.15. The molecule has 114 valence electrons. The summed E-state index contributed by atoms with van der Waals surface area (Å²) >= 11 is 11.9. The minimum atomic E-state index is -1.14. The van der Waals surface area contributed by atoms with E-state index in [1.807, 2.05) is 6.07 Å². The number of rotatable bonds is 3. The second-order valence-corrected chi connectivity index (χ2v) is 7.36. The lowest BCUT2D eigenvalue weighted by atomic mass is 9.91. The number of imide groups is 1. The third kappa shape index (κ3) is 2.33. The van der Waals surface area contributed by atoms with E-state index in [1.54, 1.807) is 31.2 Å². The fraction of sp³-hybridized carbons (Fsp3) is 0.400. The molecule has 3 rings (SSSR count). The first-order valence-corrected chi connectivity index (χ1v) is 7.56. The molecule has 1 aromatic carbocycles. The van der Waals surface area contributed by atoms with Crippen molar-refractivity contribution in [3.63, 3.8) is 0 Å². The lowest BCUT2D eigenvalue weighted by Gasteiger charge is -2.22. The molecule has 1 N–H and O–H groups in total. The van der Waals surface area contributed by atoms with Gasteiger partial charge in [-0.1, -0.05) is 12.1 Å². The number of carbonyl (C=O) groups is 2. The summed E-state index contributed by atoms with van der Waals surface area (Å²) in [5.74, 6) is -0.424. The van der Waals surface area contributed by atoms with Crippen molar-refractivity contribution in [1.29, 1.82) is 5.26 Å². The van der Waals surface area contributed by atoms with Gasteiger partial charge in [-0.25, -0.2) is 4.79 Å². The summed E-state index contributed by atoms with van der Waals surface area (Å²) in [6.07, 6.45) is 0.570. The molecule has 2 aliphatic rings. The summed E-state index contributed by atoms with van der Waals surface area (Å²) in [4.78, 5) is 25.9. The minimum absolute atomic E-state index is 0.0890. The van der Waals surface area contributed by atoms with Crippen molar-refractivity contribution in [2.45, 2.75) is 23.2 Å². The molecule has 2 atom stereocenters. The van der Waals surface area contributed by atoms with Crippen molar-refractivity contribution in [1.82, 2.24) is 10.2 Å². The number of benzene rings is 1. The van der Waals surface area contributed by atoms with E-state index in [0.29, 0.717) is 17.5 Å². The molecule has 3 amide bonds. The zero-order valence-corrected chi connectivity index (χ0v) is 13.3. The van der Waals surface area contributed by atoms with E-state index < -0.39 is 15.9 Å². The molecule has 1 aliphatic carbocycles. The Kier molecular flexibility index (Phi) is 3.35. The summed E-state index contributed by atoms with van der Waals surface area (Å²) in [5.41, 5.74) is -0.0134. The molecule has 0 bridgehead atoms. The number of halogens is 2. The second kappa shape index (κ2) is 4.87. The highest BCUT2D eigenvalue weighted by Crippen LogP contribution is 2.53. The maximum Gasteiger partial charge on any atom is 0.325 e. The Morgan fingerprint density at radius 3 is 2.45 bits per heavy atom. The van der Waals surface area contributed by atoms with Crippen LogP contribution >= 0.6 is 23.2 Å². The molecule has 0 aromatic heterocycles. The second-order valence-electron chi connectivity index (χ2n) is 5.82. The van der Waals surface area contributed by atoms with Crippen LogP contribution in [0.5, 0.6) is 0 Å². The average molecular weight is 338 g/mol. The van der Waals surface area contributed by atoms with Crippen molar-refractivity contribution >= 4 is 35.1 Å². The van der Waals surface area contributed by atoms with Gasteiger partial charge < -0.3 is 5.32 Å². The molecular formula is C15H13Cl2N3O2. The summed E-state index contributed by atoms with van der Waals surface area (Å²) < 4.78 is -0.839. The molecule has 0 spiro atoms. The van der Waals surface area contributed by atoms with Gasteiger partial charge in [-0.15, -0.1) is 23.2 Å². The van der Waals surface area contributed by atoms with Crippen LogP contribution in [0.15, 0.2) is 24.3 Å². The first kappa shape index (κ1) is 15.1. The maximum atomic E-state index is 12.7. The van der Waals surface area contributed by atoms with Crippen LogP contribution in [0.1, 0.15) is 24.5 Å². The Balaban J connectivity index is 1.84. The van der Waals surface area contributed by atoms with Gasteiger partial charge in [0, 0.05) is 12.5 Å². The van der Waals surface area contributed by atoms with Gasteiger partial charge in [0.25, 0.3) is 5.91 Å². The quantitative estimate of drug-likeness (QED) is 0.680. The highest BCUT2D eigenvalue weighted by molar-refractivity contribution is 6.50. The van der Waals surface area contributed by atoms with Crippen LogP contribution in [0.25, 0.3) is 0 Å². The number of hydrogen-bond donors (Lipinski definition) is 1. The van der Waals surface area contributed by atoms with Crippen molar-refractivity contribution in [2.24, 2.45) is 5.92 Å². The lowest BCUT2D eigenvalue weighted by Crippen LogP contribution is -2.41. The molecule has 5 nitrogen and oxygen atoms in total. The average Bonchev–Trinajstić information content (AvgIpc) is 3.03. The highest BCUT2D eigenvalue weighted by Gasteiger charge is 2.56. The standard InChI is InChI=1S/C15H13Cl2N3O2/c1-14(10-4-2-9(7-18)3-5-10)12(21)20(13(22)19-14)8-11-6-15(11,16)17/h2-5,11H,6,8H2,1H3,(H,19,22)/t11-,14+/m0/s1. The number of carbonyl (C=O) groups excluding carboxylic acids is 2. The van der Waals surface area contributed by atoms with E-state index in [-0.39, 0.29) is 18.4 Å². The molecule has 1 aromatic rings. The molecule has 1 saturated heterocycles. The van der Waals surface area contributed by atoms with E-state index in [2.05, 4.69) is 5.32 Å². The molecule has 22 heavy (non-hydrogen) atoms. The topological polar surface area (TPSA) is 73.2 Å². The van der Waals surface area contributed by atoms with Gasteiger partial charge in [0.15, 0.2) is 0 Å². The van der Waals surface area contributed by atoms with Gasteiger partial charge in [0.05, 0.1) is 11.6 Å². The van der Waals surface area contributed by atoms with Crippen molar-refractivity contribution < 1.29 is 9.59 Å². The van der Waals surface area contributed by atoms with Crippen LogP contribution in [-0.4, -0.2) is 27.7 Å². The summed E-state index contributed by atoms with van der Waals surface area (Å²) in [5, 5.41) is 11.5. The Bertz CT molecular complexity index is 696. The number of nitrogens with one attached hydrogen (secondary N) is 1.